The highest BCUT2D eigenvalue weighted by molar-refractivity contribution is 6.35. The zero-order valence-electron chi connectivity index (χ0n) is 7.72. The van der Waals surface area contributed by atoms with Gasteiger partial charge in [0.25, 0.3) is 0 Å². The van der Waals surface area contributed by atoms with Crippen LogP contribution in [0.4, 0.5) is 0 Å². The molecule has 0 spiro atoms. The summed E-state index contributed by atoms with van der Waals surface area (Å²) in [6, 6.07) is 3.50. The number of nitrogens with two attached hydrogens (primary N) is 2. The standard InChI is InChI=1S/C9H11Cl2N3/c1-5-2-6(10)3-8(11)7(5)4-14-9(12)13/h2-3H,4H2,1H3,(H4,12,13,14). The predicted octanol–water partition coefficient (Wildman–Crippen LogP) is 2.08. The van der Waals surface area contributed by atoms with E-state index >= 15 is 0 Å². The van der Waals surface area contributed by atoms with E-state index in [1.165, 1.54) is 0 Å². The van der Waals surface area contributed by atoms with Gasteiger partial charge in [0.2, 0.25) is 0 Å². The zero-order valence-corrected chi connectivity index (χ0v) is 9.23. The second-order valence-corrected chi connectivity index (χ2v) is 3.77. The first-order valence-corrected chi connectivity index (χ1v) is 4.76. The van der Waals surface area contributed by atoms with E-state index in [2.05, 4.69) is 4.99 Å². The van der Waals surface area contributed by atoms with Gasteiger partial charge in [-0.2, -0.15) is 0 Å². The first kappa shape index (κ1) is 11.1. The van der Waals surface area contributed by atoms with Crippen LogP contribution in [-0.2, 0) is 6.54 Å². The van der Waals surface area contributed by atoms with E-state index < -0.39 is 0 Å². The van der Waals surface area contributed by atoms with Crippen molar-refractivity contribution in [3.05, 3.63) is 33.3 Å². The number of guanidine groups is 1. The fraction of sp³-hybridized carbons (Fsp3) is 0.222. The van der Waals surface area contributed by atoms with Crippen LogP contribution in [0.5, 0.6) is 0 Å². The van der Waals surface area contributed by atoms with Gasteiger partial charge in [-0.3, -0.25) is 0 Å². The molecular weight excluding hydrogens is 221 g/mol. The van der Waals surface area contributed by atoms with Crippen molar-refractivity contribution in [1.29, 1.82) is 0 Å². The third-order valence-electron chi connectivity index (χ3n) is 1.80. The lowest BCUT2D eigenvalue weighted by Crippen LogP contribution is -2.22. The Balaban J connectivity index is 3.03. The van der Waals surface area contributed by atoms with E-state index in [4.69, 9.17) is 34.7 Å². The number of aryl methyl sites for hydroxylation is 1. The molecule has 3 nitrogen and oxygen atoms in total. The molecule has 0 atom stereocenters. The number of benzene rings is 1. The molecule has 1 aromatic rings. The highest BCUT2D eigenvalue weighted by atomic mass is 35.5. The summed E-state index contributed by atoms with van der Waals surface area (Å²) in [5, 5.41) is 1.20. The number of halogens is 2. The number of rotatable bonds is 2. The van der Waals surface area contributed by atoms with Crippen LogP contribution >= 0.6 is 23.2 Å². The summed E-state index contributed by atoms with van der Waals surface area (Å²) in [5.41, 5.74) is 12.3. The molecule has 0 aromatic heterocycles. The minimum absolute atomic E-state index is 0.0513. The third-order valence-corrected chi connectivity index (χ3v) is 2.36. The highest BCUT2D eigenvalue weighted by Crippen LogP contribution is 2.25. The lowest BCUT2D eigenvalue weighted by molar-refractivity contribution is 1.04. The highest BCUT2D eigenvalue weighted by Gasteiger charge is 2.05. The maximum atomic E-state index is 5.98. The van der Waals surface area contributed by atoms with Crippen molar-refractivity contribution in [2.24, 2.45) is 16.5 Å². The summed E-state index contributed by atoms with van der Waals surface area (Å²) in [6.45, 7) is 2.29. The van der Waals surface area contributed by atoms with Gasteiger partial charge in [-0.15, -0.1) is 0 Å². The monoisotopic (exact) mass is 231 g/mol. The lowest BCUT2D eigenvalue weighted by atomic mass is 10.1. The molecule has 0 heterocycles. The molecule has 0 saturated heterocycles. The Morgan fingerprint density at radius 3 is 2.50 bits per heavy atom. The molecule has 4 N–H and O–H groups in total. The van der Waals surface area contributed by atoms with Crippen LogP contribution in [0.1, 0.15) is 11.1 Å². The van der Waals surface area contributed by atoms with Crippen LogP contribution in [0.15, 0.2) is 17.1 Å². The molecular formula is C9H11Cl2N3. The second-order valence-electron chi connectivity index (χ2n) is 2.92. The molecule has 1 rings (SSSR count). The van der Waals surface area contributed by atoms with Gasteiger partial charge in [0, 0.05) is 10.0 Å². The van der Waals surface area contributed by atoms with Gasteiger partial charge in [0.05, 0.1) is 6.54 Å². The minimum atomic E-state index is 0.0513. The molecule has 76 valence electrons. The molecule has 0 amide bonds. The van der Waals surface area contributed by atoms with Crippen LogP contribution < -0.4 is 11.5 Å². The molecule has 5 heteroatoms. The maximum Gasteiger partial charge on any atom is 0.186 e. The van der Waals surface area contributed by atoms with Crippen molar-refractivity contribution in [3.8, 4) is 0 Å². The number of nitrogens with zero attached hydrogens (tertiary/aromatic N) is 1. The van der Waals surface area contributed by atoms with Gasteiger partial charge in [0.15, 0.2) is 5.96 Å². The molecule has 0 bridgehead atoms. The quantitative estimate of drug-likeness (QED) is 0.605. The summed E-state index contributed by atoms with van der Waals surface area (Å²) in [6.07, 6.45) is 0. The fourth-order valence-corrected chi connectivity index (χ4v) is 1.76. The van der Waals surface area contributed by atoms with Crippen LogP contribution in [0.3, 0.4) is 0 Å². The number of hydrogen-bond acceptors (Lipinski definition) is 1. The third kappa shape index (κ3) is 2.79. The van der Waals surface area contributed by atoms with Gasteiger partial charge < -0.3 is 11.5 Å². The van der Waals surface area contributed by atoms with E-state index in [1.54, 1.807) is 6.07 Å². The normalized spacial score (nSPS) is 9.93. The van der Waals surface area contributed by atoms with Crippen LogP contribution in [0.2, 0.25) is 10.0 Å². The molecule has 0 aliphatic carbocycles. The van der Waals surface area contributed by atoms with Gasteiger partial charge in [-0.1, -0.05) is 23.2 Å². The Labute approximate surface area is 92.7 Å². The van der Waals surface area contributed by atoms with E-state index in [0.29, 0.717) is 16.6 Å². The summed E-state index contributed by atoms with van der Waals surface area (Å²) < 4.78 is 0. The van der Waals surface area contributed by atoms with Crippen molar-refractivity contribution in [1.82, 2.24) is 0 Å². The van der Waals surface area contributed by atoms with Crippen molar-refractivity contribution in [3.63, 3.8) is 0 Å². The largest absolute Gasteiger partial charge is 0.370 e. The van der Waals surface area contributed by atoms with Crippen molar-refractivity contribution < 1.29 is 0 Å². The summed E-state index contributed by atoms with van der Waals surface area (Å²) in [5.74, 6) is 0.0513. The molecule has 0 aliphatic rings. The van der Waals surface area contributed by atoms with E-state index in [9.17, 15) is 0 Å². The average molecular weight is 232 g/mol. The first-order chi connectivity index (χ1) is 6.50. The Morgan fingerprint density at radius 2 is 2.00 bits per heavy atom. The molecule has 0 aliphatic heterocycles. The Kier molecular flexibility index (Phi) is 3.61. The fourth-order valence-electron chi connectivity index (χ4n) is 1.10. The van der Waals surface area contributed by atoms with Gasteiger partial charge in [-0.05, 0) is 30.2 Å². The summed E-state index contributed by atoms with van der Waals surface area (Å²) in [7, 11) is 0. The SMILES string of the molecule is Cc1cc(Cl)cc(Cl)c1CN=C(N)N. The van der Waals surface area contributed by atoms with Crippen molar-refractivity contribution in [2.45, 2.75) is 13.5 Å². The van der Waals surface area contributed by atoms with Gasteiger partial charge >= 0.3 is 0 Å². The van der Waals surface area contributed by atoms with Crippen molar-refractivity contribution >= 4 is 29.2 Å². The maximum absolute atomic E-state index is 5.98. The van der Waals surface area contributed by atoms with Gasteiger partial charge in [-0.25, -0.2) is 4.99 Å². The predicted molar refractivity (Wildman–Crippen MR) is 60.7 cm³/mol. The molecule has 0 radical (unpaired) electrons. The Hall–Kier alpha value is -0.930. The van der Waals surface area contributed by atoms with Crippen LogP contribution in [-0.4, -0.2) is 5.96 Å². The molecule has 0 unspecified atom stereocenters. The molecule has 0 fully saturated rings. The molecule has 14 heavy (non-hydrogen) atoms. The summed E-state index contributed by atoms with van der Waals surface area (Å²) in [4.78, 5) is 3.89. The van der Waals surface area contributed by atoms with E-state index in [-0.39, 0.29) is 5.96 Å². The number of hydrogen-bond donors (Lipinski definition) is 2. The van der Waals surface area contributed by atoms with Crippen molar-refractivity contribution in [2.75, 3.05) is 0 Å². The minimum Gasteiger partial charge on any atom is -0.370 e. The molecule has 0 saturated carbocycles. The smallest absolute Gasteiger partial charge is 0.186 e. The topological polar surface area (TPSA) is 64.4 Å². The molecule has 1 aromatic carbocycles. The Bertz CT molecular complexity index is 347. The van der Waals surface area contributed by atoms with Gasteiger partial charge in [0.1, 0.15) is 0 Å². The zero-order chi connectivity index (χ0) is 10.7. The Morgan fingerprint density at radius 1 is 1.36 bits per heavy atom. The van der Waals surface area contributed by atoms with E-state index in [1.807, 2.05) is 13.0 Å². The lowest BCUT2D eigenvalue weighted by Gasteiger charge is -2.06. The summed E-state index contributed by atoms with van der Waals surface area (Å²) >= 11 is 11.8. The average Bonchev–Trinajstić information content (AvgIpc) is 2.01. The van der Waals surface area contributed by atoms with Crippen LogP contribution in [0, 0.1) is 6.92 Å². The number of aliphatic imine (C=N–C) groups is 1. The second kappa shape index (κ2) is 4.53. The van der Waals surface area contributed by atoms with Crippen LogP contribution in [0.25, 0.3) is 0 Å². The first-order valence-electron chi connectivity index (χ1n) is 4.00. The van der Waals surface area contributed by atoms with E-state index in [0.717, 1.165) is 11.1 Å².